The molecule has 197 valence electrons. The Hall–Kier alpha value is -1.26. The molecule has 3 atom stereocenters. The standard InChI is InChI=1S/C12H10.C10H15FN.C9H13.C2H7Si.Ti/c1-3-7-11(8-4-1)12-9-5-2-6-10-12;11-9-2-7-1-8(3-9)5-10(12,4-7)6-9;1-6-5-7(2)9(4)8(6)3;1-3-2;/h1-10H;7-8,12H,1-6H2;6H,1-4H3;3H,1-2H3;/q;-1;;;+1. The van der Waals surface area contributed by atoms with Crippen LogP contribution in [0.25, 0.3) is 11.1 Å². The molecule has 4 fully saturated rings. The molecule has 0 spiro atoms. The molecule has 0 aliphatic heterocycles. The van der Waals surface area contributed by atoms with Crippen molar-refractivity contribution >= 4 is 6.66 Å². The minimum absolute atomic E-state index is 0.156. The largest absolute Gasteiger partial charge is 0.0622 e. The van der Waals surface area contributed by atoms with Crippen LogP contribution in [-0.4, -0.2) is 17.9 Å². The first kappa shape index (κ1) is 27.3. The molecule has 7 rings (SSSR count). The third-order valence-corrected chi connectivity index (χ3v) is 21.6. The summed E-state index contributed by atoms with van der Waals surface area (Å²) in [6, 6.07) is 20.8. The molecule has 37 heavy (non-hydrogen) atoms. The van der Waals surface area contributed by atoms with E-state index in [1.54, 1.807) is 15.0 Å². The summed E-state index contributed by atoms with van der Waals surface area (Å²) in [5.74, 6) is 1.94. The van der Waals surface area contributed by atoms with Crippen LogP contribution in [0.5, 0.6) is 0 Å². The monoisotopic (exact) mass is 550 g/mol. The zero-order valence-electron chi connectivity index (χ0n) is 23.7. The zero-order valence-corrected chi connectivity index (χ0v) is 26.4. The van der Waals surface area contributed by atoms with Gasteiger partial charge in [-0.3, -0.25) is 0 Å². The average Bonchev–Trinajstić information content (AvgIpc) is 3.05. The Morgan fingerprint density at radius 1 is 0.811 bits per heavy atom. The van der Waals surface area contributed by atoms with Crippen molar-refractivity contribution in [1.29, 1.82) is 0 Å². The second-order valence-corrected chi connectivity index (χ2v) is 25.5. The second kappa shape index (κ2) is 10.7. The SMILES string of the molecule is CC1=C(C)C(C)[C]([Ti]([NH]C23CC4CC(CC(F)(C4)C2)C3)[SiH](C)C)=C1C.c1ccc(-c2ccccc2)cc1. The summed E-state index contributed by atoms with van der Waals surface area (Å²) in [4.78, 5) is 0. The number of halogens is 1. The van der Waals surface area contributed by atoms with E-state index in [0.29, 0.717) is 17.8 Å². The molecule has 5 aliphatic carbocycles. The van der Waals surface area contributed by atoms with Crippen LogP contribution in [0.4, 0.5) is 4.39 Å². The van der Waals surface area contributed by atoms with Crippen molar-refractivity contribution in [3.05, 3.63) is 81.3 Å². The summed E-state index contributed by atoms with van der Waals surface area (Å²) in [6.45, 7) is 13.7. The van der Waals surface area contributed by atoms with E-state index in [9.17, 15) is 0 Å². The fourth-order valence-electron chi connectivity index (χ4n) is 8.17. The van der Waals surface area contributed by atoms with Crippen LogP contribution in [0, 0.1) is 17.8 Å². The van der Waals surface area contributed by atoms with Gasteiger partial charge >= 0.3 is 161 Å². The summed E-state index contributed by atoms with van der Waals surface area (Å²) in [5.41, 5.74) is 6.58. The predicted molar refractivity (Wildman–Crippen MR) is 155 cm³/mol. The van der Waals surface area contributed by atoms with Crippen molar-refractivity contribution < 1.29 is 21.8 Å². The molecular formula is C33H45FNSiTi. The molecule has 1 N–H and O–H groups in total. The molecule has 4 saturated carbocycles. The molecule has 2 aromatic rings. The maximum atomic E-state index is 15.4. The van der Waals surface area contributed by atoms with E-state index in [4.69, 9.17) is 0 Å². The van der Waals surface area contributed by atoms with Gasteiger partial charge in [-0.2, -0.15) is 0 Å². The van der Waals surface area contributed by atoms with Gasteiger partial charge in [-0.05, 0) is 11.1 Å². The van der Waals surface area contributed by atoms with Gasteiger partial charge in [0, 0.05) is 0 Å². The van der Waals surface area contributed by atoms with Gasteiger partial charge in [0.15, 0.2) is 0 Å². The Morgan fingerprint density at radius 2 is 1.32 bits per heavy atom. The van der Waals surface area contributed by atoms with Gasteiger partial charge in [0.1, 0.15) is 0 Å². The van der Waals surface area contributed by atoms with E-state index in [-0.39, 0.29) is 5.54 Å². The van der Waals surface area contributed by atoms with Crippen LogP contribution in [0.2, 0.25) is 13.1 Å². The van der Waals surface area contributed by atoms with Crippen LogP contribution in [0.1, 0.15) is 66.2 Å². The number of hydrogen-bond donors (Lipinski definition) is 1. The topological polar surface area (TPSA) is 12.0 Å². The van der Waals surface area contributed by atoms with E-state index >= 15 is 4.39 Å². The van der Waals surface area contributed by atoms with Crippen molar-refractivity contribution in [2.45, 2.75) is 90.5 Å². The quantitative estimate of drug-likeness (QED) is 0.367. The predicted octanol–water partition coefficient (Wildman–Crippen LogP) is 8.77. The van der Waals surface area contributed by atoms with Crippen LogP contribution in [0.3, 0.4) is 0 Å². The van der Waals surface area contributed by atoms with E-state index in [0.717, 1.165) is 19.3 Å². The second-order valence-electron chi connectivity index (χ2n) is 12.9. The number of rotatable bonds is 5. The summed E-state index contributed by atoms with van der Waals surface area (Å²) in [5, 5.41) is 0. The summed E-state index contributed by atoms with van der Waals surface area (Å²) >= 11 is -1.52. The van der Waals surface area contributed by atoms with Gasteiger partial charge in [-0.1, -0.05) is 60.7 Å². The Labute approximate surface area is 232 Å². The van der Waals surface area contributed by atoms with Crippen LogP contribution in [-0.2, 0) is 17.4 Å². The number of hydrogen-bond acceptors (Lipinski definition) is 1. The molecule has 4 heteroatoms. The van der Waals surface area contributed by atoms with E-state index < -0.39 is 29.7 Å². The molecule has 0 heterocycles. The summed E-state index contributed by atoms with van der Waals surface area (Å²) in [6.07, 6.45) is 6.37. The molecule has 1 nitrogen and oxygen atoms in total. The van der Waals surface area contributed by atoms with Crippen LogP contribution in [0.15, 0.2) is 81.3 Å². The van der Waals surface area contributed by atoms with Gasteiger partial charge in [-0.25, -0.2) is 0 Å². The van der Waals surface area contributed by atoms with E-state index in [1.165, 1.54) is 36.0 Å². The fourth-order valence-corrected chi connectivity index (χ4v) is 20.1. The minimum atomic E-state index is -1.52. The molecular weight excluding hydrogens is 505 g/mol. The van der Waals surface area contributed by atoms with Crippen molar-refractivity contribution in [2.75, 3.05) is 0 Å². The summed E-state index contributed by atoms with van der Waals surface area (Å²) in [7, 11) is 0. The smallest absolute Gasteiger partial charge is 0.0184 e. The number of allylic oxidation sites excluding steroid dienone is 4. The molecule has 4 bridgehead atoms. The van der Waals surface area contributed by atoms with Gasteiger partial charge in [-0.15, -0.1) is 0 Å². The third kappa shape index (κ3) is 5.57. The number of alkyl halides is 1. The first-order valence-electron chi connectivity index (χ1n) is 14.4. The zero-order chi connectivity index (χ0) is 26.4. The maximum Gasteiger partial charge on any atom is -0.0184 e. The molecule has 0 saturated heterocycles. The van der Waals surface area contributed by atoms with Gasteiger partial charge in [0.05, 0.1) is 0 Å². The first-order valence-corrected chi connectivity index (χ1v) is 21.6. The van der Waals surface area contributed by atoms with Gasteiger partial charge < -0.3 is 0 Å². The Kier molecular flexibility index (Phi) is 7.91. The molecule has 0 radical (unpaired) electrons. The fraction of sp³-hybridized carbons (Fsp3) is 0.515. The first-order chi connectivity index (χ1) is 17.6. The molecule has 3 unspecified atom stereocenters. The minimum Gasteiger partial charge on any atom is -0.0622 e. The van der Waals surface area contributed by atoms with Crippen molar-refractivity contribution in [1.82, 2.24) is 3.80 Å². The van der Waals surface area contributed by atoms with Crippen LogP contribution >= 0.6 is 0 Å². The maximum absolute atomic E-state index is 15.4. The van der Waals surface area contributed by atoms with E-state index in [1.807, 2.05) is 12.1 Å². The van der Waals surface area contributed by atoms with Crippen molar-refractivity contribution in [3.63, 3.8) is 0 Å². The van der Waals surface area contributed by atoms with Crippen LogP contribution < -0.4 is 3.80 Å². The molecule has 0 amide bonds. The Bertz CT molecular complexity index is 1120. The Morgan fingerprint density at radius 3 is 1.73 bits per heavy atom. The molecule has 2 aromatic carbocycles. The normalized spacial score (nSPS) is 32.2. The molecule has 0 aromatic heterocycles. The van der Waals surface area contributed by atoms with Crippen molar-refractivity contribution in [2.24, 2.45) is 17.8 Å². The number of nitrogens with one attached hydrogen (secondary N) is 1. The summed E-state index contributed by atoms with van der Waals surface area (Å²) < 4.78 is 21.5. The van der Waals surface area contributed by atoms with Gasteiger partial charge in [0.25, 0.3) is 0 Å². The molecule has 5 aliphatic rings. The van der Waals surface area contributed by atoms with Crippen molar-refractivity contribution in [3.8, 4) is 11.1 Å². The third-order valence-electron chi connectivity index (χ3n) is 9.78. The van der Waals surface area contributed by atoms with Gasteiger partial charge in [0.2, 0.25) is 0 Å². The average molecular weight is 551 g/mol. The Balaban J connectivity index is 0.000000195. The van der Waals surface area contributed by atoms with E-state index in [2.05, 4.69) is 93.1 Å². The number of benzene rings is 2.